The topological polar surface area (TPSA) is 71.8 Å². The summed E-state index contributed by atoms with van der Waals surface area (Å²) in [7, 11) is 0. The molecule has 0 aliphatic carbocycles. The summed E-state index contributed by atoms with van der Waals surface area (Å²) in [5.41, 5.74) is 5.28. The number of aromatic hydroxyl groups is 1. The lowest BCUT2D eigenvalue weighted by molar-refractivity contribution is 0.333. The number of nitrogens with zero attached hydrogens (tertiary/aromatic N) is 2. The van der Waals surface area contributed by atoms with Crippen LogP contribution < -0.4 is 0 Å². The fraction of sp³-hybridized carbons (Fsp3) is 0.111. The Bertz CT molecular complexity index is 947. The Morgan fingerprint density at radius 1 is 1.17 bits per heavy atom. The first-order valence-electron chi connectivity index (χ1n) is 7.24. The summed E-state index contributed by atoms with van der Waals surface area (Å²) >= 11 is 0. The van der Waals surface area contributed by atoms with E-state index in [4.69, 9.17) is 8.83 Å². The fourth-order valence-corrected chi connectivity index (χ4v) is 2.64. The van der Waals surface area contributed by atoms with Gasteiger partial charge < -0.3 is 13.9 Å². The molecule has 3 aromatic rings. The largest absolute Gasteiger partial charge is 0.479 e. The monoisotopic (exact) mass is 306 g/mol. The average Bonchev–Trinajstić information content (AvgIpc) is 3.21. The predicted octanol–water partition coefficient (Wildman–Crippen LogP) is 4.60. The molecule has 1 aliphatic rings. The minimum absolute atomic E-state index is 0.238. The first-order valence-corrected chi connectivity index (χ1v) is 7.24. The van der Waals surface area contributed by atoms with Gasteiger partial charge in [-0.25, -0.2) is 4.98 Å². The van der Waals surface area contributed by atoms with Crippen LogP contribution in [-0.4, -0.2) is 15.8 Å². The van der Waals surface area contributed by atoms with Crippen molar-refractivity contribution in [3.63, 3.8) is 0 Å². The van der Waals surface area contributed by atoms with Crippen LogP contribution in [0, 0.1) is 6.92 Å². The van der Waals surface area contributed by atoms with Gasteiger partial charge in [0.2, 0.25) is 0 Å². The molecule has 1 N–H and O–H groups in total. The number of hydrogen-bond acceptors (Lipinski definition) is 5. The van der Waals surface area contributed by atoms with Crippen molar-refractivity contribution in [1.82, 2.24) is 4.98 Å². The zero-order valence-electron chi connectivity index (χ0n) is 12.7. The van der Waals surface area contributed by atoms with E-state index in [1.165, 1.54) is 6.26 Å². The second-order valence-corrected chi connectivity index (χ2v) is 5.46. The number of aromatic nitrogens is 1. The van der Waals surface area contributed by atoms with E-state index < -0.39 is 0 Å². The van der Waals surface area contributed by atoms with Gasteiger partial charge in [-0.3, -0.25) is 4.99 Å². The molecule has 5 heteroatoms. The van der Waals surface area contributed by atoms with Crippen molar-refractivity contribution in [1.29, 1.82) is 0 Å². The molecule has 0 radical (unpaired) electrons. The summed E-state index contributed by atoms with van der Waals surface area (Å²) < 4.78 is 10.5. The zero-order valence-corrected chi connectivity index (χ0v) is 12.7. The van der Waals surface area contributed by atoms with Crippen molar-refractivity contribution in [2.75, 3.05) is 0 Å². The summed E-state index contributed by atoms with van der Waals surface area (Å²) in [6, 6.07) is 9.56. The molecule has 0 amide bonds. The molecular weight excluding hydrogens is 292 g/mol. The lowest BCUT2D eigenvalue weighted by atomic mass is 10.0. The van der Waals surface area contributed by atoms with Crippen molar-refractivity contribution < 1.29 is 13.9 Å². The third kappa shape index (κ3) is 2.26. The van der Waals surface area contributed by atoms with E-state index in [9.17, 15) is 5.11 Å². The van der Waals surface area contributed by atoms with Crippen LogP contribution in [0.1, 0.15) is 23.7 Å². The average molecular weight is 306 g/mol. The second-order valence-electron chi connectivity index (χ2n) is 5.46. The van der Waals surface area contributed by atoms with Crippen molar-refractivity contribution in [2.24, 2.45) is 4.99 Å². The third-order valence-corrected chi connectivity index (χ3v) is 3.77. The molecule has 4 rings (SSSR count). The smallest absolute Gasteiger partial charge is 0.310 e. The number of furan rings is 1. The van der Waals surface area contributed by atoms with Gasteiger partial charge in [-0.2, -0.15) is 0 Å². The Kier molecular flexibility index (Phi) is 2.94. The van der Waals surface area contributed by atoms with Crippen molar-refractivity contribution in [3.8, 4) is 17.6 Å². The van der Waals surface area contributed by atoms with Crippen LogP contribution in [0.25, 0.3) is 23.3 Å². The molecule has 1 aromatic carbocycles. The van der Waals surface area contributed by atoms with E-state index in [1.807, 2.05) is 26.0 Å². The zero-order chi connectivity index (χ0) is 16.0. The molecule has 0 bridgehead atoms. The molecule has 2 aromatic heterocycles. The number of oxazole rings is 1. The molecule has 5 nitrogen and oxygen atoms in total. The summed E-state index contributed by atoms with van der Waals surface area (Å²) in [6.07, 6.45) is 3.32. The lowest BCUT2D eigenvalue weighted by Crippen LogP contribution is -1.91. The first kappa shape index (κ1) is 13.6. The van der Waals surface area contributed by atoms with Crippen LogP contribution in [0.15, 0.2) is 50.4 Å². The predicted molar refractivity (Wildman–Crippen MR) is 87.7 cm³/mol. The molecular formula is C18H14N2O3. The Balaban J connectivity index is 1.80. The quantitative estimate of drug-likeness (QED) is 0.751. The van der Waals surface area contributed by atoms with Crippen molar-refractivity contribution in [2.45, 2.75) is 13.8 Å². The summed E-state index contributed by atoms with van der Waals surface area (Å²) in [6.45, 7) is 3.97. The summed E-state index contributed by atoms with van der Waals surface area (Å²) in [4.78, 5) is 8.85. The van der Waals surface area contributed by atoms with Crippen molar-refractivity contribution in [3.05, 3.63) is 53.4 Å². The van der Waals surface area contributed by atoms with E-state index in [-0.39, 0.29) is 11.8 Å². The van der Waals surface area contributed by atoms with Gasteiger partial charge in [0.15, 0.2) is 5.76 Å². The molecule has 0 saturated heterocycles. The Labute approximate surface area is 132 Å². The number of benzene rings is 1. The van der Waals surface area contributed by atoms with E-state index >= 15 is 0 Å². The summed E-state index contributed by atoms with van der Waals surface area (Å²) in [5, 5.41) is 10.0. The molecule has 0 spiro atoms. The normalized spacial score (nSPS) is 15.0. The number of fused-ring (bicyclic) bond motifs is 1. The lowest BCUT2D eigenvalue weighted by Gasteiger charge is -2.02. The SMILES string of the molecule is CC1=Nc2ccc(C)cc2/C1=C\c1nc(-c2ccco2)oc1O. The molecule has 0 saturated carbocycles. The molecule has 0 atom stereocenters. The third-order valence-electron chi connectivity index (χ3n) is 3.77. The minimum Gasteiger partial charge on any atom is -0.479 e. The van der Waals surface area contributed by atoms with E-state index in [0.29, 0.717) is 11.5 Å². The van der Waals surface area contributed by atoms with Gasteiger partial charge >= 0.3 is 5.95 Å². The maximum Gasteiger partial charge on any atom is 0.310 e. The first-order chi connectivity index (χ1) is 11.1. The Hall–Kier alpha value is -3.08. The van der Waals surface area contributed by atoms with E-state index in [0.717, 1.165) is 28.1 Å². The van der Waals surface area contributed by atoms with Crippen LogP contribution >= 0.6 is 0 Å². The Morgan fingerprint density at radius 3 is 2.83 bits per heavy atom. The highest BCUT2D eigenvalue weighted by atomic mass is 16.5. The number of aliphatic imine (C=N–C) groups is 1. The van der Waals surface area contributed by atoms with Gasteiger partial charge in [-0.15, -0.1) is 0 Å². The summed E-state index contributed by atoms with van der Waals surface area (Å²) in [5.74, 6) is 0.479. The molecule has 3 heterocycles. The number of hydrogen-bond donors (Lipinski definition) is 1. The van der Waals surface area contributed by atoms with Crippen LogP contribution in [0.3, 0.4) is 0 Å². The number of allylic oxidation sites excluding steroid dienone is 1. The fourth-order valence-electron chi connectivity index (χ4n) is 2.64. The highest BCUT2D eigenvalue weighted by Gasteiger charge is 2.21. The van der Waals surface area contributed by atoms with Gasteiger partial charge in [0, 0.05) is 16.8 Å². The maximum absolute atomic E-state index is 10.0. The van der Waals surface area contributed by atoms with Crippen molar-refractivity contribution >= 4 is 23.0 Å². The van der Waals surface area contributed by atoms with Gasteiger partial charge in [-0.1, -0.05) is 11.6 Å². The maximum atomic E-state index is 10.0. The molecule has 0 fully saturated rings. The van der Waals surface area contributed by atoms with Crippen LogP contribution in [0.2, 0.25) is 0 Å². The van der Waals surface area contributed by atoms with Gasteiger partial charge in [0.05, 0.1) is 12.0 Å². The standard InChI is InChI=1S/C18H14N2O3/c1-10-5-6-14-13(8-10)12(11(2)19-14)9-15-18(21)23-17(20-15)16-4-3-7-22-16/h3-9,21H,1-2H3/b12-9-. The van der Waals surface area contributed by atoms with Gasteiger partial charge in [0.25, 0.3) is 5.89 Å². The molecule has 23 heavy (non-hydrogen) atoms. The Morgan fingerprint density at radius 2 is 2.04 bits per heavy atom. The van der Waals surface area contributed by atoms with Gasteiger partial charge in [0.1, 0.15) is 5.69 Å². The van der Waals surface area contributed by atoms with Crippen LogP contribution in [0.4, 0.5) is 5.69 Å². The van der Waals surface area contributed by atoms with Crippen LogP contribution in [0.5, 0.6) is 5.95 Å². The molecule has 1 aliphatic heterocycles. The highest BCUT2D eigenvalue weighted by Crippen LogP contribution is 2.38. The molecule has 0 unspecified atom stereocenters. The highest BCUT2D eigenvalue weighted by molar-refractivity contribution is 6.31. The molecule has 114 valence electrons. The number of aryl methyl sites for hydroxylation is 1. The minimum atomic E-state index is -0.238. The van der Waals surface area contributed by atoms with E-state index in [2.05, 4.69) is 16.0 Å². The second kappa shape index (κ2) is 4.98. The van der Waals surface area contributed by atoms with Crippen LogP contribution in [-0.2, 0) is 0 Å². The van der Waals surface area contributed by atoms with Gasteiger partial charge in [-0.05, 0) is 44.2 Å². The number of rotatable bonds is 2. The van der Waals surface area contributed by atoms with E-state index in [1.54, 1.807) is 18.2 Å².